The van der Waals surface area contributed by atoms with E-state index in [9.17, 15) is 8.78 Å². The first-order valence-corrected chi connectivity index (χ1v) is 5.70. The molecule has 2 aromatic carbocycles. The van der Waals surface area contributed by atoms with Crippen LogP contribution in [0.2, 0.25) is 10.0 Å². The number of rotatable bonds is 2. The molecule has 2 aromatic rings. The van der Waals surface area contributed by atoms with E-state index >= 15 is 0 Å². The van der Waals surface area contributed by atoms with Crippen LogP contribution in [0, 0.1) is 11.6 Å². The van der Waals surface area contributed by atoms with Gasteiger partial charge in [-0.25, -0.2) is 8.78 Å². The van der Waals surface area contributed by atoms with Crippen molar-refractivity contribution in [3.05, 3.63) is 52.0 Å². The third-order valence-electron chi connectivity index (χ3n) is 2.31. The van der Waals surface area contributed by atoms with Crippen molar-refractivity contribution in [1.29, 1.82) is 0 Å². The Morgan fingerprint density at radius 3 is 2.44 bits per heavy atom. The SMILES string of the molecule is Nc1cc(Cl)c(F)cc1Nc1cccc(Cl)c1F. The molecule has 18 heavy (non-hydrogen) atoms. The second-order valence-electron chi connectivity index (χ2n) is 3.58. The Balaban J connectivity index is 2.40. The highest BCUT2D eigenvalue weighted by atomic mass is 35.5. The van der Waals surface area contributed by atoms with Crippen molar-refractivity contribution < 1.29 is 8.78 Å². The van der Waals surface area contributed by atoms with Crippen molar-refractivity contribution in [3.63, 3.8) is 0 Å². The van der Waals surface area contributed by atoms with E-state index in [1.54, 1.807) is 6.07 Å². The zero-order chi connectivity index (χ0) is 13.3. The van der Waals surface area contributed by atoms with Gasteiger partial charge < -0.3 is 11.1 Å². The van der Waals surface area contributed by atoms with Crippen LogP contribution in [0.4, 0.5) is 25.8 Å². The second kappa shape index (κ2) is 5.00. The molecule has 0 bridgehead atoms. The van der Waals surface area contributed by atoms with E-state index in [0.29, 0.717) is 0 Å². The molecular formula is C12H8Cl2F2N2. The van der Waals surface area contributed by atoms with Crippen LogP contribution in [-0.2, 0) is 0 Å². The highest BCUT2D eigenvalue weighted by molar-refractivity contribution is 6.31. The number of hydrogen-bond donors (Lipinski definition) is 2. The monoisotopic (exact) mass is 288 g/mol. The summed E-state index contributed by atoms with van der Waals surface area (Å²) in [6, 6.07) is 6.79. The molecule has 0 spiro atoms. The lowest BCUT2D eigenvalue weighted by molar-refractivity contribution is 0.627. The topological polar surface area (TPSA) is 38.0 Å². The van der Waals surface area contributed by atoms with Gasteiger partial charge in [0.05, 0.1) is 27.1 Å². The van der Waals surface area contributed by atoms with Crippen LogP contribution in [0.25, 0.3) is 0 Å². The Labute approximate surface area is 112 Å². The van der Waals surface area contributed by atoms with Gasteiger partial charge in [0.25, 0.3) is 0 Å². The first-order chi connectivity index (χ1) is 8.49. The van der Waals surface area contributed by atoms with Crippen molar-refractivity contribution in [1.82, 2.24) is 0 Å². The van der Waals surface area contributed by atoms with Crippen molar-refractivity contribution in [3.8, 4) is 0 Å². The Kier molecular flexibility index (Phi) is 3.59. The molecule has 6 heteroatoms. The van der Waals surface area contributed by atoms with Crippen LogP contribution < -0.4 is 11.1 Å². The van der Waals surface area contributed by atoms with Gasteiger partial charge in [-0.3, -0.25) is 0 Å². The fraction of sp³-hybridized carbons (Fsp3) is 0. The van der Waals surface area contributed by atoms with Crippen LogP contribution in [0.15, 0.2) is 30.3 Å². The number of anilines is 3. The van der Waals surface area contributed by atoms with Crippen molar-refractivity contribution in [2.75, 3.05) is 11.1 Å². The summed E-state index contributed by atoms with van der Waals surface area (Å²) in [5.41, 5.74) is 6.19. The molecule has 0 aliphatic heterocycles. The largest absolute Gasteiger partial charge is 0.397 e. The number of nitrogens with one attached hydrogen (secondary N) is 1. The van der Waals surface area contributed by atoms with Crippen LogP contribution in [-0.4, -0.2) is 0 Å². The van der Waals surface area contributed by atoms with E-state index in [2.05, 4.69) is 5.32 Å². The maximum atomic E-state index is 13.6. The number of benzene rings is 2. The average molecular weight is 289 g/mol. The molecule has 2 nitrogen and oxygen atoms in total. The van der Waals surface area contributed by atoms with Crippen LogP contribution in [0.1, 0.15) is 0 Å². The summed E-state index contributed by atoms with van der Waals surface area (Å²) in [5.74, 6) is -1.27. The summed E-state index contributed by atoms with van der Waals surface area (Å²) < 4.78 is 26.9. The second-order valence-corrected chi connectivity index (χ2v) is 4.39. The number of hydrogen-bond acceptors (Lipinski definition) is 2. The molecule has 0 unspecified atom stereocenters. The van der Waals surface area contributed by atoms with Gasteiger partial charge in [0.2, 0.25) is 0 Å². The fourth-order valence-electron chi connectivity index (χ4n) is 1.42. The molecule has 0 saturated heterocycles. The van der Waals surface area contributed by atoms with Crippen molar-refractivity contribution in [2.45, 2.75) is 0 Å². The molecule has 0 atom stereocenters. The summed E-state index contributed by atoms with van der Waals surface area (Å²) in [6.45, 7) is 0. The van der Waals surface area contributed by atoms with E-state index in [0.717, 1.165) is 6.07 Å². The molecule has 2 rings (SSSR count). The summed E-state index contributed by atoms with van der Waals surface area (Å²) in [4.78, 5) is 0. The third-order valence-corrected chi connectivity index (χ3v) is 2.89. The lowest BCUT2D eigenvalue weighted by Crippen LogP contribution is -1.99. The molecule has 0 saturated carbocycles. The molecule has 0 amide bonds. The summed E-state index contributed by atoms with van der Waals surface area (Å²) in [6.07, 6.45) is 0. The smallest absolute Gasteiger partial charge is 0.165 e. The summed E-state index contributed by atoms with van der Waals surface area (Å²) >= 11 is 11.2. The van der Waals surface area contributed by atoms with E-state index < -0.39 is 11.6 Å². The van der Waals surface area contributed by atoms with E-state index in [4.69, 9.17) is 28.9 Å². The third kappa shape index (κ3) is 2.49. The minimum atomic E-state index is -0.643. The van der Waals surface area contributed by atoms with Gasteiger partial charge in [-0.05, 0) is 18.2 Å². The maximum Gasteiger partial charge on any atom is 0.165 e. The van der Waals surface area contributed by atoms with Gasteiger partial charge in [0.1, 0.15) is 5.82 Å². The van der Waals surface area contributed by atoms with E-state index in [-0.39, 0.29) is 27.1 Å². The Bertz CT molecular complexity index is 603. The lowest BCUT2D eigenvalue weighted by atomic mass is 10.2. The Morgan fingerprint density at radius 1 is 1.00 bits per heavy atom. The minimum Gasteiger partial charge on any atom is -0.397 e. The molecule has 0 radical (unpaired) electrons. The Hall–Kier alpha value is -1.52. The van der Waals surface area contributed by atoms with Crippen molar-refractivity contribution in [2.24, 2.45) is 0 Å². The molecule has 94 valence electrons. The molecule has 0 aromatic heterocycles. The first kappa shape index (κ1) is 12.9. The molecule has 0 aliphatic rings. The predicted molar refractivity (Wildman–Crippen MR) is 70.5 cm³/mol. The van der Waals surface area contributed by atoms with Gasteiger partial charge in [-0.2, -0.15) is 0 Å². The van der Waals surface area contributed by atoms with Crippen molar-refractivity contribution >= 4 is 40.3 Å². The van der Waals surface area contributed by atoms with Crippen LogP contribution in [0.5, 0.6) is 0 Å². The van der Waals surface area contributed by atoms with Gasteiger partial charge in [0, 0.05) is 6.07 Å². The zero-order valence-electron chi connectivity index (χ0n) is 8.98. The molecule has 0 aliphatic carbocycles. The summed E-state index contributed by atoms with van der Waals surface area (Å²) in [5, 5.41) is 2.54. The number of halogens is 4. The maximum absolute atomic E-state index is 13.6. The fourth-order valence-corrected chi connectivity index (χ4v) is 1.76. The van der Waals surface area contributed by atoms with Gasteiger partial charge in [-0.15, -0.1) is 0 Å². The predicted octanol–water partition coefficient (Wildman–Crippen LogP) is 4.60. The van der Waals surface area contributed by atoms with E-state index in [1.165, 1.54) is 18.2 Å². The highest BCUT2D eigenvalue weighted by Gasteiger charge is 2.10. The molecule has 0 fully saturated rings. The number of nitrogens with two attached hydrogens (primary N) is 1. The summed E-state index contributed by atoms with van der Waals surface area (Å²) in [7, 11) is 0. The molecule has 0 heterocycles. The van der Waals surface area contributed by atoms with Gasteiger partial charge in [-0.1, -0.05) is 29.3 Å². The van der Waals surface area contributed by atoms with E-state index in [1.807, 2.05) is 0 Å². The highest BCUT2D eigenvalue weighted by Crippen LogP contribution is 2.31. The molecular weight excluding hydrogens is 281 g/mol. The number of nitrogen functional groups attached to an aromatic ring is 1. The van der Waals surface area contributed by atoms with Crippen LogP contribution >= 0.6 is 23.2 Å². The Morgan fingerprint density at radius 2 is 1.72 bits per heavy atom. The van der Waals surface area contributed by atoms with Gasteiger partial charge in [0.15, 0.2) is 5.82 Å². The quantitative estimate of drug-likeness (QED) is 0.793. The molecule has 3 N–H and O–H groups in total. The first-order valence-electron chi connectivity index (χ1n) is 4.94. The average Bonchev–Trinajstić information content (AvgIpc) is 2.32. The zero-order valence-corrected chi connectivity index (χ0v) is 10.5. The minimum absolute atomic E-state index is 0.0343. The standard InChI is InChI=1S/C12H8Cl2F2N2/c13-6-2-1-3-10(12(6)16)18-11-5-8(15)7(14)4-9(11)17/h1-5,18H,17H2. The van der Waals surface area contributed by atoms with Crippen LogP contribution in [0.3, 0.4) is 0 Å². The van der Waals surface area contributed by atoms with Gasteiger partial charge >= 0.3 is 0 Å². The lowest BCUT2D eigenvalue weighted by Gasteiger charge is -2.11. The normalized spacial score (nSPS) is 10.4.